The van der Waals surface area contributed by atoms with E-state index in [2.05, 4.69) is 24.8 Å². The molecule has 0 aromatic heterocycles. The van der Waals surface area contributed by atoms with Gasteiger partial charge >= 0.3 is 0 Å². The van der Waals surface area contributed by atoms with Gasteiger partial charge in [0.15, 0.2) is 6.29 Å². The predicted octanol–water partition coefficient (Wildman–Crippen LogP) is 4.52. The van der Waals surface area contributed by atoms with E-state index in [0.29, 0.717) is 0 Å². The zero-order chi connectivity index (χ0) is 15.1. The molecule has 2 nitrogen and oxygen atoms in total. The van der Waals surface area contributed by atoms with Crippen LogP contribution >= 0.6 is 0 Å². The number of rotatable bonds is 6. The van der Waals surface area contributed by atoms with E-state index in [9.17, 15) is 4.79 Å². The second kappa shape index (κ2) is 7.44. The van der Waals surface area contributed by atoms with E-state index >= 15 is 0 Å². The fourth-order valence-corrected chi connectivity index (χ4v) is 2.35. The Labute approximate surface area is 126 Å². The number of nitrogens with zero attached hydrogens (tertiary/aromatic N) is 1. The fourth-order valence-electron chi connectivity index (χ4n) is 2.35. The Hall–Kier alpha value is -2.35. The molecule has 2 aromatic rings. The van der Waals surface area contributed by atoms with Gasteiger partial charge in [-0.05, 0) is 43.2 Å². The van der Waals surface area contributed by atoms with Gasteiger partial charge in [0.25, 0.3) is 0 Å². The van der Waals surface area contributed by atoms with Crippen molar-refractivity contribution in [2.45, 2.75) is 13.8 Å². The predicted molar refractivity (Wildman–Crippen MR) is 90.8 cm³/mol. The number of carbonyl (C=O) groups excluding carboxylic acids is 1. The summed E-state index contributed by atoms with van der Waals surface area (Å²) in [6.45, 7) is 6.19. The third kappa shape index (κ3) is 3.82. The molecule has 0 saturated carbocycles. The summed E-state index contributed by atoms with van der Waals surface area (Å²) in [6, 6.07) is 16.1. The summed E-state index contributed by atoms with van der Waals surface area (Å²) in [6.07, 6.45) is 4.96. The van der Waals surface area contributed by atoms with Crippen LogP contribution in [-0.2, 0) is 0 Å². The highest BCUT2D eigenvalue weighted by Crippen LogP contribution is 2.21. The number of aldehydes is 1. The maximum Gasteiger partial charge on any atom is 0.150 e. The van der Waals surface area contributed by atoms with Crippen LogP contribution in [0.4, 0.5) is 5.69 Å². The van der Waals surface area contributed by atoms with Crippen molar-refractivity contribution < 1.29 is 4.79 Å². The van der Waals surface area contributed by atoms with Gasteiger partial charge in [-0.2, -0.15) is 0 Å². The third-order valence-corrected chi connectivity index (χ3v) is 3.58. The van der Waals surface area contributed by atoms with Gasteiger partial charge in [-0.3, -0.25) is 4.79 Å². The molecule has 108 valence electrons. The molecular weight excluding hydrogens is 258 g/mol. The number of anilines is 1. The molecule has 0 bridgehead atoms. The van der Waals surface area contributed by atoms with E-state index in [0.717, 1.165) is 41.8 Å². The molecule has 0 saturated heterocycles. The van der Waals surface area contributed by atoms with Crippen molar-refractivity contribution in [3.05, 3.63) is 65.2 Å². The van der Waals surface area contributed by atoms with Crippen LogP contribution in [0.3, 0.4) is 0 Å². The summed E-state index contributed by atoms with van der Waals surface area (Å²) in [5.41, 5.74) is 3.96. The summed E-state index contributed by atoms with van der Waals surface area (Å²) >= 11 is 0. The smallest absolute Gasteiger partial charge is 0.150 e. The average Bonchev–Trinajstić information content (AvgIpc) is 2.55. The topological polar surface area (TPSA) is 20.3 Å². The summed E-state index contributed by atoms with van der Waals surface area (Å²) in [5.74, 6) is 0. The summed E-state index contributed by atoms with van der Waals surface area (Å²) in [7, 11) is 0. The van der Waals surface area contributed by atoms with Crippen molar-refractivity contribution in [1.82, 2.24) is 0 Å². The normalized spacial score (nSPS) is 10.8. The van der Waals surface area contributed by atoms with E-state index in [1.807, 2.05) is 54.6 Å². The standard InChI is InChI=1S/C19H21NO/c1-3-20(4-2)19-13-12-18(15-21)17(14-19)11-10-16-8-6-5-7-9-16/h5-15H,3-4H2,1-2H3. The third-order valence-electron chi connectivity index (χ3n) is 3.58. The highest BCUT2D eigenvalue weighted by molar-refractivity contribution is 5.86. The summed E-state index contributed by atoms with van der Waals surface area (Å²) in [4.78, 5) is 13.5. The van der Waals surface area contributed by atoms with Crippen LogP contribution in [-0.4, -0.2) is 19.4 Å². The molecule has 0 N–H and O–H groups in total. The molecule has 0 unspecified atom stereocenters. The number of benzene rings is 2. The van der Waals surface area contributed by atoms with Crippen molar-refractivity contribution in [3.63, 3.8) is 0 Å². The number of carbonyl (C=O) groups is 1. The van der Waals surface area contributed by atoms with E-state index < -0.39 is 0 Å². The van der Waals surface area contributed by atoms with Crippen LogP contribution in [0.5, 0.6) is 0 Å². The van der Waals surface area contributed by atoms with Gasteiger partial charge in [-0.1, -0.05) is 42.5 Å². The minimum atomic E-state index is 0.720. The van der Waals surface area contributed by atoms with Gasteiger partial charge in [0.1, 0.15) is 0 Å². The minimum absolute atomic E-state index is 0.720. The van der Waals surface area contributed by atoms with Gasteiger partial charge in [0, 0.05) is 24.3 Å². The van der Waals surface area contributed by atoms with Crippen LogP contribution in [0, 0.1) is 0 Å². The van der Waals surface area contributed by atoms with Crippen LogP contribution in [0.25, 0.3) is 12.2 Å². The second-order valence-electron chi connectivity index (χ2n) is 4.85. The maximum atomic E-state index is 11.2. The summed E-state index contributed by atoms with van der Waals surface area (Å²) < 4.78 is 0. The summed E-state index contributed by atoms with van der Waals surface area (Å²) in [5, 5.41) is 0. The van der Waals surface area contributed by atoms with Crippen molar-refractivity contribution in [2.24, 2.45) is 0 Å². The van der Waals surface area contributed by atoms with Gasteiger partial charge in [0.2, 0.25) is 0 Å². The van der Waals surface area contributed by atoms with Crippen LogP contribution in [0.15, 0.2) is 48.5 Å². The molecule has 0 aliphatic carbocycles. The van der Waals surface area contributed by atoms with Crippen LogP contribution in [0.2, 0.25) is 0 Å². The molecule has 0 amide bonds. The van der Waals surface area contributed by atoms with Crippen molar-refractivity contribution in [1.29, 1.82) is 0 Å². The van der Waals surface area contributed by atoms with E-state index in [1.54, 1.807) is 0 Å². The van der Waals surface area contributed by atoms with E-state index in [4.69, 9.17) is 0 Å². The van der Waals surface area contributed by atoms with Gasteiger partial charge in [0.05, 0.1) is 0 Å². The zero-order valence-corrected chi connectivity index (χ0v) is 12.6. The monoisotopic (exact) mass is 279 g/mol. The lowest BCUT2D eigenvalue weighted by Gasteiger charge is -2.21. The molecule has 0 spiro atoms. The van der Waals surface area contributed by atoms with Gasteiger partial charge in [-0.15, -0.1) is 0 Å². The van der Waals surface area contributed by atoms with Crippen molar-refractivity contribution in [2.75, 3.05) is 18.0 Å². The Balaban J connectivity index is 2.34. The Bertz CT molecular complexity index is 613. The van der Waals surface area contributed by atoms with Gasteiger partial charge in [-0.25, -0.2) is 0 Å². The van der Waals surface area contributed by atoms with Crippen LogP contribution < -0.4 is 4.90 Å². The van der Waals surface area contributed by atoms with Crippen LogP contribution in [0.1, 0.15) is 35.3 Å². The first-order valence-corrected chi connectivity index (χ1v) is 7.35. The fraction of sp³-hybridized carbons (Fsp3) is 0.211. The van der Waals surface area contributed by atoms with E-state index in [1.165, 1.54) is 0 Å². The van der Waals surface area contributed by atoms with Crippen molar-refractivity contribution in [3.8, 4) is 0 Å². The lowest BCUT2D eigenvalue weighted by atomic mass is 10.0. The molecule has 0 atom stereocenters. The molecule has 0 aliphatic heterocycles. The molecular formula is C19H21NO. The average molecular weight is 279 g/mol. The minimum Gasteiger partial charge on any atom is -0.372 e. The number of hydrogen-bond acceptors (Lipinski definition) is 2. The Morgan fingerprint density at radius 1 is 0.905 bits per heavy atom. The molecule has 0 heterocycles. The highest BCUT2D eigenvalue weighted by atomic mass is 16.1. The molecule has 2 rings (SSSR count). The number of hydrogen-bond donors (Lipinski definition) is 0. The molecule has 0 radical (unpaired) electrons. The molecule has 0 aliphatic rings. The van der Waals surface area contributed by atoms with Crippen molar-refractivity contribution >= 4 is 24.1 Å². The lowest BCUT2D eigenvalue weighted by molar-refractivity contribution is 0.112. The SMILES string of the molecule is CCN(CC)c1ccc(C=O)c(C=Cc2ccccc2)c1. The Morgan fingerprint density at radius 3 is 2.24 bits per heavy atom. The van der Waals surface area contributed by atoms with E-state index in [-0.39, 0.29) is 0 Å². The first kappa shape index (κ1) is 15.0. The molecule has 0 fully saturated rings. The first-order chi connectivity index (χ1) is 10.3. The largest absolute Gasteiger partial charge is 0.372 e. The Morgan fingerprint density at radius 2 is 1.62 bits per heavy atom. The Kier molecular flexibility index (Phi) is 5.33. The van der Waals surface area contributed by atoms with Gasteiger partial charge < -0.3 is 4.90 Å². The zero-order valence-electron chi connectivity index (χ0n) is 12.6. The molecule has 21 heavy (non-hydrogen) atoms. The highest BCUT2D eigenvalue weighted by Gasteiger charge is 2.05. The lowest BCUT2D eigenvalue weighted by Crippen LogP contribution is -2.21. The molecule has 2 aromatic carbocycles. The second-order valence-corrected chi connectivity index (χ2v) is 4.85. The molecule has 2 heteroatoms. The first-order valence-electron chi connectivity index (χ1n) is 7.35. The quantitative estimate of drug-likeness (QED) is 0.572. The maximum absolute atomic E-state index is 11.2.